The van der Waals surface area contributed by atoms with Gasteiger partial charge < -0.3 is 10.2 Å². The molecule has 32 heavy (non-hydrogen) atoms. The Morgan fingerprint density at radius 2 is 1.81 bits per heavy atom. The highest BCUT2D eigenvalue weighted by molar-refractivity contribution is 5.79. The maximum atomic E-state index is 4.97. The van der Waals surface area contributed by atoms with Crippen molar-refractivity contribution in [2.75, 3.05) is 29.9 Å². The minimum absolute atomic E-state index is 0.428. The van der Waals surface area contributed by atoms with E-state index >= 15 is 0 Å². The molecule has 0 bridgehead atoms. The van der Waals surface area contributed by atoms with E-state index in [1.165, 1.54) is 11.1 Å². The highest BCUT2D eigenvalue weighted by Gasteiger charge is 2.21. The summed E-state index contributed by atoms with van der Waals surface area (Å²) in [5.74, 6) is 2.80. The first-order valence-electron chi connectivity index (χ1n) is 11.5. The van der Waals surface area contributed by atoms with E-state index in [9.17, 15) is 0 Å². The molecule has 0 amide bonds. The summed E-state index contributed by atoms with van der Waals surface area (Å²) in [6, 6.07) is 18.8. The number of pyridine rings is 1. The van der Waals surface area contributed by atoms with Gasteiger partial charge in [-0.25, -0.2) is 14.5 Å². The first kappa shape index (κ1) is 20.5. The van der Waals surface area contributed by atoms with Crippen LogP contribution in [0, 0.1) is 5.92 Å². The van der Waals surface area contributed by atoms with Crippen LogP contribution >= 0.6 is 0 Å². The fourth-order valence-electron chi connectivity index (χ4n) is 4.57. The van der Waals surface area contributed by atoms with Crippen molar-refractivity contribution in [3.63, 3.8) is 0 Å². The van der Waals surface area contributed by atoms with E-state index in [1.54, 1.807) is 0 Å². The van der Waals surface area contributed by atoms with Crippen molar-refractivity contribution in [3.05, 3.63) is 72.6 Å². The van der Waals surface area contributed by atoms with Gasteiger partial charge in [0.05, 0.1) is 5.52 Å². The molecule has 1 aliphatic heterocycles. The van der Waals surface area contributed by atoms with Crippen LogP contribution in [0.1, 0.15) is 38.2 Å². The van der Waals surface area contributed by atoms with E-state index in [0.717, 1.165) is 49.5 Å². The lowest BCUT2D eigenvalue weighted by Crippen LogP contribution is -2.36. The Balaban J connectivity index is 1.32. The van der Waals surface area contributed by atoms with Crippen molar-refractivity contribution in [2.24, 2.45) is 5.92 Å². The summed E-state index contributed by atoms with van der Waals surface area (Å²) >= 11 is 0. The Hall–Kier alpha value is -3.41. The van der Waals surface area contributed by atoms with Gasteiger partial charge in [-0.15, -0.1) is 5.10 Å². The number of benzene rings is 1. The zero-order valence-corrected chi connectivity index (χ0v) is 18.8. The van der Waals surface area contributed by atoms with Gasteiger partial charge >= 0.3 is 0 Å². The minimum atomic E-state index is 0.428. The summed E-state index contributed by atoms with van der Waals surface area (Å²) in [5, 5.41) is 8.25. The summed E-state index contributed by atoms with van der Waals surface area (Å²) < 4.78 is 1.94. The van der Waals surface area contributed by atoms with Crippen LogP contribution in [0.2, 0.25) is 0 Å². The molecule has 0 aliphatic carbocycles. The first-order chi connectivity index (χ1) is 15.7. The number of aromatic nitrogens is 4. The molecule has 0 atom stereocenters. The van der Waals surface area contributed by atoms with Crippen LogP contribution in [0.15, 0.2) is 67.0 Å². The Morgan fingerprint density at radius 3 is 2.59 bits per heavy atom. The fraction of sp³-hybridized carbons (Fsp3) is 0.346. The molecular weight excluding hydrogens is 396 g/mol. The molecule has 4 heterocycles. The number of anilines is 2. The van der Waals surface area contributed by atoms with Gasteiger partial charge in [0.2, 0.25) is 5.95 Å². The van der Waals surface area contributed by atoms with Gasteiger partial charge in [0, 0.05) is 37.6 Å². The third-order valence-electron chi connectivity index (χ3n) is 6.37. The van der Waals surface area contributed by atoms with Crippen molar-refractivity contribution in [1.29, 1.82) is 0 Å². The van der Waals surface area contributed by atoms with Crippen LogP contribution < -0.4 is 10.2 Å². The molecule has 5 rings (SSSR count). The molecule has 0 spiro atoms. The Bertz CT molecular complexity index is 1180. The second kappa shape index (κ2) is 8.99. The molecule has 1 aromatic carbocycles. The molecule has 164 valence electrons. The van der Waals surface area contributed by atoms with Gasteiger partial charge in [-0.1, -0.05) is 44.2 Å². The third kappa shape index (κ3) is 4.17. The topological polar surface area (TPSA) is 58.4 Å². The maximum absolute atomic E-state index is 4.97. The van der Waals surface area contributed by atoms with Crippen LogP contribution in [0.25, 0.3) is 16.8 Å². The number of fused-ring (bicyclic) bond motifs is 1. The van der Waals surface area contributed by atoms with Crippen molar-refractivity contribution >= 4 is 17.3 Å². The molecule has 1 saturated heterocycles. The van der Waals surface area contributed by atoms with Crippen LogP contribution in [0.5, 0.6) is 0 Å². The molecule has 3 aromatic heterocycles. The van der Waals surface area contributed by atoms with E-state index in [1.807, 2.05) is 29.0 Å². The third-order valence-corrected chi connectivity index (χ3v) is 6.37. The Labute approximate surface area is 189 Å². The van der Waals surface area contributed by atoms with E-state index in [-0.39, 0.29) is 0 Å². The van der Waals surface area contributed by atoms with Crippen molar-refractivity contribution in [1.82, 2.24) is 19.6 Å². The van der Waals surface area contributed by atoms with Crippen LogP contribution in [0.4, 0.5) is 11.8 Å². The molecule has 6 heteroatoms. The molecule has 1 N–H and O–H groups in total. The molecule has 0 radical (unpaired) electrons. The zero-order valence-electron chi connectivity index (χ0n) is 18.8. The van der Waals surface area contributed by atoms with Gasteiger partial charge in [-0.05, 0) is 54.5 Å². The lowest BCUT2D eigenvalue weighted by molar-refractivity contribution is 0.421. The standard InChI is InChI=1S/C26H30N6/c1-19(2)21-8-3-4-9-22(21)25-23-10-7-15-32(23)30-26(29-25)28-18-20-12-16-31(17-13-20)24-11-5-6-14-27-24/h3-11,14-15,19-20H,12-13,16-18H2,1-2H3,(H,28,30). The van der Waals surface area contributed by atoms with Crippen molar-refractivity contribution < 1.29 is 0 Å². The lowest BCUT2D eigenvalue weighted by Gasteiger charge is -2.32. The van der Waals surface area contributed by atoms with Crippen molar-refractivity contribution in [3.8, 4) is 11.3 Å². The van der Waals surface area contributed by atoms with Gasteiger partial charge in [-0.2, -0.15) is 0 Å². The fourth-order valence-corrected chi connectivity index (χ4v) is 4.57. The first-order valence-corrected chi connectivity index (χ1v) is 11.5. The highest BCUT2D eigenvalue weighted by atomic mass is 15.3. The van der Waals surface area contributed by atoms with Crippen LogP contribution in [-0.2, 0) is 0 Å². The molecule has 6 nitrogen and oxygen atoms in total. The predicted octanol–water partition coefficient (Wildman–Crippen LogP) is 5.24. The molecule has 1 fully saturated rings. The van der Waals surface area contributed by atoms with E-state index in [0.29, 0.717) is 17.8 Å². The maximum Gasteiger partial charge on any atom is 0.241 e. The monoisotopic (exact) mass is 426 g/mol. The van der Waals surface area contributed by atoms with Crippen molar-refractivity contribution in [2.45, 2.75) is 32.6 Å². The zero-order chi connectivity index (χ0) is 21.9. The lowest BCUT2D eigenvalue weighted by atomic mass is 9.95. The minimum Gasteiger partial charge on any atom is -0.357 e. The van der Waals surface area contributed by atoms with Crippen LogP contribution in [-0.4, -0.2) is 39.2 Å². The van der Waals surface area contributed by atoms with E-state index in [4.69, 9.17) is 10.1 Å². The number of hydrogen-bond acceptors (Lipinski definition) is 5. The van der Waals surface area contributed by atoms with Gasteiger partial charge in [-0.3, -0.25) is 0 Å². The Kier molecular flexibility index (Phi) is 5.75. The summed E-state index contributed by atoms with van der Waals surface area (Å²) in [4.78, 5) is 11.8. The average Bonchev–Trinajstić information content (AvgIpc) is 3.32. The summed E-state index contributed by atoms with van der Waals surface area (Å²) in [6.45, 7) is 7.41. The number of nitrogens with one attached hydrogen (secondary N) is 1. The predicted molar refractivity (Wildman–Crippen MR) is 130 cm³/mol. The smallest absolute Gasteiger partial charge is 0.241 e. The molecule has 1 aliphatic rings. The largest absolute Gasteiger partial charge is 0.357 e. The van der Waals surface area contributed by atoms with Crippen LogP contribution in [0.3, 0.4) is 0 Å². The number of hydrogen-bond donors (Lipinski definition) is 1. The summed E-state index contributed by atoms with van der Waals surface area (Å²) in [5.41, 5.74) is 4.51. The number of rotatable bonds is 6. The van der Waals surface area contributed by atoms with Gasteiger partial charge in [0.15, 0.2) is 0 Å². The molecular formula is C26H30N6. The molecule has 4 aromatic rings. The quantitative estimate of drug-likeness (QED) is 0.457. The number of nitrogens with zero attached hydrogens (tertiary/aromatic N) is 5. The SMILES string of the molecule is CC(C)c1ccccc1-c1nc(NCC2CCN(c3ccccn3)CC2)nn2cccc12. The number of piperidine rings is 1. The summed E-state index contributed by atoms with van der Waals surface area (Å²) in [7, 11) is 0. The van der Waals surface area contributed by atoms with Gasteiger partial charge in [0.1, 0.15) is 11.5 Å². The molecule has 0 unspecified atom stereocenters. The van der Waals surface area contributed by atoms with E-state index < -0.39 is 0 Å². The molecule has 0 saturated carbocycles. The Morgan fingerprint density at radius 1 is 1.00 bits per heavy atom. The second-order valence-corrected chi connectivity index (χ2v) is 8.86. The van der Waals surface area contributed by atoms with E-state index in [2.05, 4.69) is 71.5 Å². The normalized spacial score (nSPS) is 14.9. The van der Waals surface area contributed by atoms with Gasteiger partial charge in [0.25, 0.3) is 0 Å². The summed E-state index contributed by atoms with van der Waals surface area (Å²) in [6.07, 6.45) is 6.14. The average molecular weight is 427 g/mol. The highest BCUT2D eigenvalue weighted by Crippen LogP contribution is 2.31. The second-order valence-electron chi connectivity index (χ2n) is 8.86.